The maximum atomic E-state index is 11.7. The molecule has 1 heterocycles. The van der Waals surface area contributed by atoms with Crippen LogP contribution in [0.25, 0.3) is 0 Å². The quantitative estimate of drug-likeness (QED) is 0.225. The smallest absolute Gasteiger partial charge is 0.366 e. The first kappa shape index (κ1) is 23.8. The molecule has 32 heavy (non-hydrogen) atoms. The lowest BCUT2D eigenvalue weighted by atomic mass is 10.0. The van der Waals surface area contributed by atoms with Gasteiger partial charge in [-0.05, 0) is 68.1 Å². The Morgan fingerprint density at radius 3 is 2.34 bits per heavy atom. The van der Waals surface area contributed by atoms with E-state index < -0.39 is 11.8 Å². The van der Waals surface area contributed by atoms with E-state index in [2.05, 4.69) is 5.16 Å². The molecule has 0 bridgehead atoms. The van der Waals surface area contributed by atoms with E-state index in [1.165, 1.54) is 7.11 Å². The van der Waals surface area contributed by atoms with Gasteiger partial charge in [-0.3, -0.25) is 0 Å². The number of carbonyl (C=O) groups excluding carboxylic acids is 1. The number of esters is 1. The molecular weight excluding hydrogens is 410 g/mol. The topological polar surface area (TPSA) is 75.6 Å². The van der Waals surface area contributed by atoms with E-state index in [-0.39, 0.29) is 5.92 Å². The highest BCUT2D eigenvalue weighted by atomic mass is 16.7. The minimum Gasteiger partial charge on any atom is -0.465 e. The molecule has 0 atom stereocenters. The van der Waals surface area contributed by atoms with Crippen molar-refractivity contribution in [1.29, 1.82) is 0 Å². The molecule has 3 rings (SSSR count). The van der Waals surface area contributed by atoms with Gasteiger partial charge in [0.05, 0.1) is 26.0 Å². The van der Waals surface area contributed by atoms with Crippen molar-refractivity contribution >= 4 is 11.7 Å². The summed E-state index contributed by atoms with van der Waals surface area (Å²) in [5.74, 6) is 0.0477. The summed E-state index contributed by atoms with van der Waals surface area (Å²) in [7, 11) is 1.33. The van der Waals surface area contributed by atoms with Gasteiger partial charge in [0, 0.05) is 12.8 Å². The second-order valence-corrected chi connectivity index (χ2v) is 7.87. The van der Waals surface area contributed by atoms with Crippen molar-refractivity contribution in [2.75, 3.05) is 26.9 Å². The van der Waals surface area contributed by atoms with Crippen LogP contribution in [0, 0.1) is 5.92 Å². The normalized spacial score (nSPS) is 21.1. The third-order valence-corrected chi connectivity index (χ3v) is 5.30. The average molecular weight is 442 g/mol. The Bertz CT molecular complexity index is 873. The second-order valence-electron chi connectivity index (χ2n) is 7.87. The van der Waals surface area contributed by atoms with Crippen LogP contribution in [0.1, 0.15) is 38.7 Å². The molecule has 7 nitrogen and oxygen atoms in total. The Balaban J connectivity index is 1.33. The van der Waals surface area contributed by atoms with Gasteiger partial charge < -0.3 is 23.8 Å². The second kappa shape index (κ2) is 11.6. The lowest BCUT2D eigenvalue weighted by Gasteiger charge is -2.35. The van der Waals surface area contributed by atoms with Crippen LogP contribution in [-0.2, 0) is 23.8 Å². The number of ether oxygens (including phenoxy) is 4. The van der Waals surface area contributed by atoms with Crippen molar-refractivity contribution in [3.63, 3.8) is 0 Å². The van der Waals surface area contributed by atoms with E-state index in [0.29, 0.717) is 19.8 Å². The largest absolute Gasteiger partial charge is 0.465 e. The first-order chi connectivity index (χ1) is 15.5. The Morgan fingerprint density at radius 1 is 1.03 bits per heavy atom. The fourth-order valence-corrected chi connectivity index (χ4v) is 3.30. The van der Waals surface area contributed by atoms with Crippen molar-refractivity contribution in [2.24, 2.45) is 11.1 Å². The van der Waals surface area contributed by atoms with Gasteiger partial charge in [0.25, 0.3) is 5.79 Å². The highest BCUT2D eigenvalue weighted by molar-refractivity contribution is 5.98. The summed E-state index contributed by atoms with van der Waals surface area (Å²) in [4.78, 5) is 17.1. The summed E-state index contributed by atoms with van der Waals surface area (Å²) >= 11 is 0. The van der Waals surface area contributed by atoms with Gasteiger partial charge >= 0.3 is 5.97 Å². The number of unbranched alkanes of at least 4 members (excludes halogenated alkanes) is 1. The van der Waals surface area contributed by atoms with Crippen LogP contribution < -0.4 is 4.74 Å². The molecule has 1 aliphatic heterocycles. The molecule has 0 aliphatic carbocycles. The van der Waals surface area contributed by atoms with Gasteiger partial charge in [0.2, 0.25) is 0 Å². The van der Waals surface area contributed by atoms with Crippen LogP contribution in [0.2, 0.25) is 0 Å². The predicted octanol–water partition coefficient (Wildman–Crippen LogP) is 4.94. The molecule has 0 N–H and O–H groups in total. The van der Waals surface area contributed by atoms with Crippen molar-refractivity contribution < 1.29 is 28.6 Å². The number of rotatable bonds is 10. The van der Waals surface area contributed by atoms with E-state index >= 15 is 0 Å². The van der Waals surface area contributed by atoms with E-state index in [0.717, 1.165) is 42.0 Å². The fraction of sp³-hybridized carbons (Fsp3) is 0.440. The third-order valence-electron chi connectivity index (χ3n) is 5.30. The van der Waals surface area contributed by atoms with Crippen molar-refractivity contribution in [3.05, 3.63) is 60.2 Å². The van der Waals surface area contributed by atoms with Gasteiger partial charge in [-0.15, -0.1) is 0 Å². The first-order valence-electron chi connectivity index (χ1n) is 10.9. The summed E-state index contributed by atoms with van der Waals surface area (Å²) in [5.41, 5.74) is 1.79. The zero-order chi connectivity index (χ0) is 22.8. The Morgan fingerprint density at radius 2 is 1.69 bits per heavy atom. The SMILES string of the molecule is COC(=O)C1(C)OCC(CCCCO/N=C(/C)c2ccc(Oc3ccccc3)cc2)CO1. The maximum absolute atomic E-state index is 11.7. The molecule has 1 saturated heterocycles. The summed E-state index contributed by atoms with van der Waals surface area (Å²) in [6.45, 7) is 5.01. The molecule has 2 aromatic rings. The number of benzene rings is 2. The number of oxime groups is 1. The monoisotopic (exact) mass is 441 g/mol. The maximum Gasteiger partial charge on any atom is 0.366 e. The standard InChI is InChI=1S/C25H31NO6/c1-19(21-12-14-23(15-13-21)32-22-10-5-4-6-11-22)26-31-16-8-7-9-20-17-29-25(2,30-18-20)24(27)28-3/h4-6,10-15,20H,7-9,16-18H2,1-3H3/b26-19-. The lowest BCUT2D eigenvalue weighted by molar-refractivity contribution is -0.272. The van der Waals surface area contributed by atoms with Crippen LogP contribution in [0.3, 0.4) is 0 Å². The highest BCUT2D eigenvalue weighted by Crippen LogP contribution is 2.25. The molecule has 0 saturated carbocycles. The molecule has 0 spiro atoms. The third kappa shape index (κ3) is 6.80. The number of para-hydroxylation sites is 1. The highest BCUT2D eigenvalue weighted by Gasteiger charge is 2.41. The average Bonchev–Trinajstić information content (AvgIpc) is 2.83. The molecule has 0 aromatic heterocycles. The number of hydrogen-bond donors (Lipinski definition) is 0. The van der Waals surface area contributed by atoms with Crippen LogP contribution in [0.5, 0.6) is 11.5 Å². The van der Waals surface area contributed by atoms with Crippen LogP contribution in [-0.4, -0.2) is 44.4 Å². The predicted molar refractivity (Wildman–Crippen MR) is 121 cm³/mol. The molecule has 0 amide bonds. The van der Waals surface area contributed by atoms with Crippen molar-refractivity contribution in [1.82, 2.24) is 0 Å². The molecular formula is C25H31NO6. The number of hydrogen-bond acceptors (Lipinski definition) is 7. The number of methoxy groups -OCH3 is 1. The van der Waals surface area contributed by atoms with E-state index in [4.69, 9.17) is 23.8 Å². The van der Waals surface area contributed by atoms with Crippen LogP contribution >= 0.6 is 0 Å². The molecule has 7 heteroatoms. The van der Waals surface area contributed by atoms with E-state index in [9.17, 15) is 4.79 Å². The lowest BCUT2D eigenvalue weighted by Crippen LogP contribution is -2.48. The minimum absolute atomic E-state index is 0.259. The summed E-state index contributed by atoms with van der Waals surface area (Å²) < 4.78 is 21.7. The first-order valence-corrected chi connectivity index (χ1v) is 10.9. The van der Waals surface area contributed by atoms with Crippen molar-refractivity contribution in [3.8, 4) is 11.5 Å². The van der Waals surface area contributed by atoms with Gasteiger partial charge in [-0.25, -0.2) is 4.79 Å². The molecule has 2 aromatic carbocycles. The molecule has 172 valence electrons. The van der Waals surface area contributed by atoms with Gasteiger partial charge in [0.15, 0.2) is 0 Å². The summed E-state index contributed by atoms with van der Waals surface area (Å²) in [6.07, 6.45) is 2.78. The Hall–Kier alpha value is -2.90. The van der Waals surface area contributed by atoms with Crippen LogP contribution in [0.15, 0.2) is 59.8 Å². The van der Waals surface area contributed by atoms with Gasteiger partial charge in [0.1, 0.15) is 18.1 Å². The van der Waals surface area contributed by atoms with Gasteiger partial charge in [-0.1, -0.05) is 23.4 Å². The molecule has 1 fully saturated rings. The number of nitrogens with zero attached hydrogens (tertiary/aromatic N) is 1. The Kier molecular flexibility index (Phi) is 8.64. The van der Waals surface area contributed by atoms with Crippen molar-refractivity contribution in [2.45, 2.75) is 38.9 Å². The summed E-state index contributed by atoms with van der Waals surface area (Å²) in [6, 6.07) is 17.4. The van der Waals surface area contributed by atoms with E-state index in [1.54, 1.807) is 6.92 Å². The van der Waals surface area contributed by atoms with Crippen LogP contribution in [0.4, 0.5) is 0 Å². The fourth-order valence-electron chi connectivity index (χ4n) is 3.30. The zero-order valence-corrected chi connectivity index (χ0v) is 18.9. The number of carbonyl (C=O) groups is 1. The molecule has 0 unspecified atom stereocenters. The summed E-state index contributed by atoms with van der Waals surface area (Å²) in [5, 5.41) is 4.22. The zero-order valence-electron chi connectivity index (χ0n) is 18.9. The molecule has 1 aliphatic rings. The Labute approximate surface area is 189 Å². The van der Waals surface area contributed by atoms with Gasteiger partial charge in [-0.2, -0.15) is 0 Å². The molecule has 0 radical (unpaired) electrons. The minimum atomic E-state index is -1.29. The van der Waals surface area contributed by atoms with E-state index in [1.807, 2.05) is 61.5 Å².